The Kier molecular flexibility index (Phi) is 3.28. The highest BCUT2D eigenvalue weighted by Crippen LogP contribution is 2.29. The number of benzene rings is 1. The molecule has 0 N–H and O–H groups in total. The average molecular weight is 272 g/mol. The van der Waals surface area contributed by atoms with Crippen molar-refractivity contribution >= 4 is 11.4 Å². The van der Waals surface area contributed by atoms with E-state index in [-0.39, 0.29) is 11.3 Å². The van der Waals surface area contributed by atoms with Crippen molar-refractivity contribution in [2.45, 2.75) is 18.9 Å². The molecule has 0 aromatic heterocycles. The lowest BCUT2D eigenvalue weighted by Crippen LogP contribution is -2.50. The van der Waals surface area contributed by atoms with Crippen molar-refractivity contribution in [2.75, 3.05) is 31.1 Å². The summed E-state index contributed by atoms with van der Waals surface area (Å²) < 4.78 is 0. The molecule has 0 saturated carbocycles. The van der Waals surface area contributed by atoms with Gasteiger partial charge in [0.05, 0.1) is 4.92 Å². The lowest BCUT2D eigenvalue weighted by atomic mass is 10.1. The molecule has 2 aliphatic heterocycles. The first-order chi connectivity index (χ1) is 9.69. The fourth-order valence-electron chi connectivity index (χ4n) is 3.19. The summed E-state index contributed by atoms with van der Waals surface area (Å²) in [7, 11) is 0. The summed E-state index contributed by atoms with van der Waals surface area (Å²) in [5.74, 6) is 0. The summed E-state index contributed by atoms with van der Waals surface area (Å²) in [6.07, 6.45) is 2.45. The molecule has 1 aromatic carbocycles. The van der Waals surface area contributed by atoms with Crippen LogP contribution in [0.2, 0.25) is 0 Å². The largest absolute Gasteiger partial charge is 0.368 e. The third-order valence-corrected chi connectivity index (χ3v) is 4.25. The van der Waals surface area contributed by atoms with Crippen molar-refractivity contribution in [1.29, 1.82) is 5.26 Å². The van der Waals surface area contributed by atoms with Gasteiger partial charge in [-0.1, -0.05) is 0 Å². The maximum absolute atomic E-state index is 11.0. The van der Waals surface area contributed by atoms with Crippen LogP contribution in [0.15, 0.2) is 18.2 Å². The zero-order chi connectivity index (χ0) is 14.1. The first kappa shape index (κ1) is 12.9. The SMILES string of the molecule is N#Cc1ccc(N2CCN3CCCC3C2)cc1[N+](=O)[O-]. The second-order valence-electron chi connectivity index (χ2n) is 5.35. The van der Waals surface area contributed by atoms with Gasteiger partial charge in [0, 0.05) is 37.4 Å². The zero-order valence-electron chi connectivity index (χ0n) is 11.2. The lowest BCUT2D eigenvalue weighted by molar-refractivity contribution is -0.385. The maximum atomic E-state index is 11.0. The van der Waals surface area contributed by atoms with Gasteiger partial charge in [0.15, 0.2) is 0 Å². The molecule has 1 aromatic rings. The Balaban J connectivity index is 1.85. The van der Waals surface area contributed by atoms with Gasteiger partial charge < -0.3 is 4.90 Å². The molecule has 2 aliphatic rings. The Labute approximate surface area is 117 Å². The smallest absolute Gasteiger partial charge is 0.289 e. The van der Waals surface area contributed by atoms with Crippen molar-refractivity contribution in [2.24, 2.45) is 0 Å². The molecule has 6 heteroatoms. The minimum absolute atomic E-state index is 0.0983. The number of hydrogen-bond acceptors (Lipinski definition) is 5. The first-order valence-corrected chi connectivity index (χ1v) is 6.86. The second kappa shape index (κ2) is 5.10. The highest BCUT2D eigenvalue weighted by Gasteiger charge is 2.31. The summed E-state index contributed by atoms with van der Waals surface area (Å²) in [5.41, 5.74) is 0.874. The third-order valence-electron chi connectivity index (χ3n) is 4.25. The van der Waals surface area contributed by atoms with Gasteiger partial charge >= 0.3 is 0 Å². The number of nitro benzene ring substituents is 1. The Morgan fingerprint density at radius 1 is 1.35 bits per heavy atom. The number of anilines is 1. The fraction of sp³-hybridized carbons (Fsp3) is 0.500. The molecule has 0 spiro atoms. The van der Waals surface area contributed by atoms with Crippen LogP contribution in [0.4, 0.5) is 11.4 Å². The van der Waals surface area contributed by atoms with E-state index in [2.05, 4.69) is 9.80 Å². The van der Waals surface area contributed by atoms with E-state index in [4.69, 9.17) is 5.26 Å². The second-order valence-corrected chi connectivity index (χ2v) is 5.35. The molecule has 6 nitrogen and oxygen atoms in total. The minimum Gasteiger partial charge on any atom is -0.368 e. The van der Waals surface area contributed by atoms with Gasteiger partial charge in [-0.2, -0.15) is 5.26 Å². The van der Waals surface area contributed by atoms with Crippen molar-refractivity contribution in [1.82, 2.24) is 4.90 Å². The Hall–Kier alpha value is -2.13. The number of rotatable bonds is 2. The molecule has 1 atom stereocenters. The van der Waals surface area contributed by atoms with E-state index in [1.807, 2.05) is 12.1 Å². The van der Waals surface area contributed by atoms with Crippen LogP contribution >= 0.6 is 0 Å². The molecule has 104 valence electrons. The van der Waals surface area contributed by atoms with Crippen molar-refractivity contribution in [3.8, 4) is 6.07 Å². The number of nitro groups is 1. The number of fused-ring (bicyclic) bond motifs is 1. The monoisotopic (exact) mass is 272 g/mol. The van der Waals surface area contributed by atoms with Crippen molar-refractivity contribution in [3.05, 3.63) is 33.9 Å². The molecular formula is C14H16N4O2. The predicted molar refractivity (Wildman–Crippen MR) is 74.6 cm³/mol. The summed E-state index contributed by atoms with van der Waals surface area (Å²) in [6.45, 7) is 3.99. The predicted octanol–water partition coefficient (Wildman–Crippen LogP) is 1.75. The molecule has 2 fully saturated rings. The van der Waals surface area contributed by atoms with Gasteiger partial charge in [-0.05, 0) is 31.5 Å². The maximum Gasteiger partial charge on any atom is 0.289 e. The van der Waals surface area contributed by atoms with Gasteiger partial charge in [-0.3, -0.25) is 15.0 Å². The summed E-state index contributed by atoms with van der Waals surface area (Å²) in [6, 6.07) is 7.34. The fourth-order valence-corrected chi connectivity index (χ4v) is 3.19. The standard InChI is InChI=1S/C14H16N4O2/c15-9-11-3-4-12(8-14(11)18(19)20)17-7-6-16-5-1-2-13(16)10-17/h3-4,8,13H,1-2,5-7,10H2. The topological polar surface area (TPSA) is 73.4 Å². The quantitative estimate of drug-likeness (QED) is 0.605. The van der Waals surface area contributed by atoms with Gasteiger partial charge in [0.25, 0.3) is 5.69 Å². The van der Waals surface area contributed by atoms with E-state index < -0.39 is 4.92 Å². The van der Waals surface area contributed by atoms with Gasteiger partial charge in [0.1, 0.15) is 11.6 Å². The number of nitriles is 1. The summed E-state index contributed by atoms with van der Waals surface area (Å²) in [5, 5.41) is 19.9. The first-order valence-electron chi connectivity index (χ1n) is 6.86. The van der Waals surface area contributed by atoms with E-state index in [0.717, 1.165) is 25.3 Å². The van der Waals surface area contributed by atoms with E-state index in [9.17, 15) is 10.1 Å². The van der Waals surface area contributed by atoms with Crippen molar-refractivity contribution in [3.63, 3.8) is 0 Å². The molecular weight excluding hydrogens is 256 g/mol. The summed E-state index contributed by atoms with van der Waals surface area (Å²) >= 11 is 0. The third kappa shape index (κ3) is 2.21. The zero-order valence-corrected chi connectivity index (χ0v) is 11.2. The Morgan fingerprint density at radius 2 is 2.20 bits per heavy atom. The van der Waals surface area contributed by atoms with E-state index >= 15 is 0 Å². The van der Waals surface area contributed by atoms with Crippen LogP contribution in [0.25, 0.3) is 0 Å². The van der Waals surface area contributed by atoms with Crippen LogP contribution < -0.4 is 4.90 Å². The molecule has 3 rings (SSSR count). The Morgan fingerprint density at radius 3 is 2.95 bits per heavy atom. The molecule has 0 bridgehead atoms. The van der Waals surface area contributed by atoms with E-state index in [1.165, 1.54) is 25.5 Å². The molecule has 2 saturated heterocycles. The highest BCUT2D eigenvalue weighted by molar-refractivity contribution is 5.60. The van der Waals surface area contributed by atoms with Crippen LogP contribution in [-0.4, -0.2) is 42.0 Å². The van der Waals surface area contributed by atoms with Crippen LogP contribution in [0.3, 0.4) is 0 Å². The molecule has 0 amide bonds. The number of hydrogen-bond donors (Lipinski definition) is 0. The van der Waals surface area contributed by atoms with Gasteiger partial charge in [-0.15, -0.1) is 0 Å². The molecule has 2 heterocycles. The van der Waals surface area contributed by atoms with Gasteiger partial charge in [0.2, 0.25) is 0 Å². The molecule has 20 heavy (non-hydrogen) atoms. The van der Waals surface area contributed by atoms with E-state index in [0.29, 0.717) is 6.04 Å². The number of piperazine rings is 1. The molecule has 0 radical (unpaired) electrons. The molecule has 1 unspecified atom stereocenters. The van der Waals surface area contributed by atoms with Crippen LogP contribution in [0.1, 0.15) is 18.4 Å². The minimum atomic E-state index is -0.478. The lowest BCUT2D eigenvalue weighted by Gasteiger charge is -2.38. The van der Waals surface area contributed by atoms with Crippen LogP contribution in [-0.2, 0) is 0 Å². The highest BCUT2D eigenvalue weighted by atomic mass is 16.6. The van der Waals surface area contributed by atoms with E-state index in [1.54, 1.807) is 6.07 Å². The van der Waals surface area contributed by atoms with Crippen LogP contribution in [0, 0.1) is 21.4 Å². The summed E-state index contributed by atoms with van der Waals surface area (Å²) in [4.78, 5) is 15.2. The van der Waals surface area contributed by atoms with Crippen molar-refractivity contribution < 1.29 is 4.92 Å². The number of nitrogens with zero attached hydrogens (tertiary/aromatic N) is 4. The Bertz CT molecular complexity index is 581. The normalized spacial score (nSPS) is 22.4. The average Bonchev–Trinajstić information content (AvgIpc) is 2.93. The molecule has 0 aliphatic carbocycles. The van der Waals surface area contributed by atoms with Crippen LogP contribution in [0.5, 0.6) is 0 Å². The van der Waals surface area contributed by atoms with Gasteiger partial charge in [-0.25, -0.2) is 0 Å².